The van der Waals surface area contributed by atoms with Crippen LogP contribution in [0.2, 0.25) is 5.02 Å². The van der Waals surface area contributed by atoms with Gasteiger partial charge in [0.25, 0.3) is 5.91 Å². The zero-order valence-electron chi connectivity index (χ0n) is 11.8. The van der Waals surface area contributed by atoms with Crippen molar-refractivity contribution in [2.24, 2.45) is 17.0 Å². The summed E-state index contributed by atoms with van der Waals surface area (Å²) >= 11 is 5.97. The molecule has 116 valence electrons. The van der Waals surface area contributed by atoms with Gasteiger partial charge >= 0.3 is 0 Å². The first-order chi connectivity index (χ1) is 9.79. The number of primary sulfonamides is 1. The molecule has 1 saturated carbocycles. The van der Waals surface area contributed by atoms with Crippen molar-refractivity contribution in [3.8, 4) is 0 Å². The Morgan fingerprint density at radius 2 is 2.14 bits per heavy atom. The van der Waals surface area contributed by atoms with Gasteiger partial charge in [0.2, 0.25) is 10.0 Å². The lowest BCUT2D eigenvalue weighted by atomic mass is 9.98. The summed E-state index contributed by atoms with van der Waals surface area (Å²) in [5, 5.41) is 8.10. The van der Waals surface area contributed by atoms with Crippen molar-refractivity contribution >= 4 is 27.5 Å². The molecule has 0 aromatic heterocycles. The standard InChI is InChI=1S/C14H19ClN2O3S/c1-9-3-2-4-10(9)8-17-14(18)12-7-11(21(16,19)20)5-6-13(12)15/h5-7,9-10H,2-4,8H2,1H3,(H,17,18)(H2,16,19,20). The van der Waals surface area contributed by atoms with Gasteiger partial charge < -0.3 is 5.32 Å². The Bertz CT molecular complexity index is 646. The molecule has 1 amide bonds. The number of sulfonamides is 1. The number of carbonyl (C=O) groups excluding carboxylic acids is 1. The zero-order valence-corrected chi connectivity index (χ0v) is 13.4. The molecule has 1 aromatic rings. The van der Waals surface area contributed by atoms with Crippen molar-refractivity contribution in [2.75, 3.05) is 6.54 Å². The molecule has 21 heavy (non-hydrogen) atoms. The number of hydrogen-bond donors (Lipinski definition) is 2. The topological polar surface area (TPSA) is 89.3 Å². The van der Waals surface area contributed by atoms with Gasteiger partial charge in [0.1, 0.15) is 0 Å². The Kier molecular flexibility index (Phi) is 4.91. The number of nitrogens with one attached hydrogen (secondary N) is 1. The molecule has 0 heterocycles. The van der Waals surface area contributed by atoms with Crippen LogP contribution in [0.3, 0.4) is 0 Å². The van der Waals surface area contributed by atoms with Crippen molar-refractivity contribution in [3.05, 3.63) is 28.8 Å². The lowest BCUT2D eigenvalue weighted by Crippen LogP contribution is -2.30. The Balaban J connectivity index is 2.11. The molecule has 2 atom stereocenters. The number of halogens is 1. The minimum absolute atomic E-state index is 0.119. The highest BCUT2D eigenvalue weighted by Gasteiger charge is 2.24. The molecule has 1 aliphatic carbocycles. The first kappa shape index (κ1) is 16.3. The normalized spacial score (nSPS) is 22.2. The summed E-state index contributed by atoms with van der Waals surface area (Å²) in [6.07, 6.45) is 3.47. The highest BCUT2D eigenvalue weighted by Crippen LogP contribution is 2.30. The molecule has 0 aliphatic heterocycles. The van der Waals surface area contributed by atoms with E-state index in [4.69, 9.17) is 16.7 Å². The van der Waals surface area contributed by atoms with Crippen molar-refractivity contribution in [1.29, 1.82) is 0 Å². The van der Waals surface area contributed by atoms with E-state index in [2.05, 4.69) is 12.2 Å². The largest absolute Gasteiger partial charge is 0.352 e. The second kappa shape index (κ2) is 6.34. The maximum Gasteiger partial charge on any atom is 0.252 e. The SMILES string of the molecule is CC1CCCC1CNC(=O)c1cc(S(N)(=O)=O)ccc1Cl. The smallest absolute Gasteiger partial charge is 0.252 e. The maximum absolute atomic E-state index is 12.2. The van der Waals surface area contributed by atoms with E-state index >= 15 is 0 Å². The van der Waals surface area contributed by atoms with E-state index in [-0.39, 0.29) is 21.4 Å². The second-order valence-corrected chi connectivity index (χ2v) is 7.53. The molecule has 2 unspecified atom stereocenters. The number of amides is 1. The van der Waals surface area contributed by atoms with Gasteiger partial charge in [-0.15, -0.1) is 0 Å². The van der Waals surface area contributed by atoms with Gasteiger partial charge in [-0.3, -0.25) is 4.79 Å². The third-order valence-corrected chi connectivity index (χ3v) is 5.32. The van der Waals surface area contributed by atoms with Crippen LogP contribution < -0.4 is 10.5 Å². The maximum atomic E-state index is 12.2. The van der Waals surface area contributed by atoms with Gasteiger partial charge in [-0.2, -0.15) is 0 Å². The van der Waals surface area contributed by atoms with E-state index < -0.39 is 10.0 Å². The first-order valence-corrected chi connectivity index (χ1v) is 8.82. The van der Waals surface area contributed by atoms with Crippen LogP contribution in [0.25, 0.3) is 0 Å². The van der Waals surface area contributed by atoms with E-state index in [9.17, 15) is 13.2 Å². The fourth-order valence-corrected chi connectivity index (χ4v) is 3.44. The van der Waals surface area contributed by atoms with Crippen molar-refractivity contribution in [2.45, 2.75) is 31.1 Å². The molecule has 1 aromatic carbocycles. The van der Waals surface area contributed by atoms with Gasteiger partial charge in [-0.25, -0.2) is 13.6 Å². The minimum Gasteiger partial charge on any atom is -0.352 e. The summed E-state index contributed by atoms with van der Waals surface area (Å²) < 4.78 is 22.7. The molecule has 2 rings (SSSR count). The fraction of sp³-hybridized carbons (Fsp3) is 0.500. The monoisotopic (exact) mass is 330 g/mol. The predicted octanol–water partition coefficient (Wildman–Crippen LogP) is 2.15. The second-order valence-electron chi connectivity index (χ2n) is 5.56. The molecular weight excluding hydrogens is 312 g/mol. The summed E-state index contributed by atoms with van der Waals surface area (Å²) in [4.78, 5) is 12.1. The molecule has 0 bridgehead atoms. The quantitative estimate of drug-likeness (QED) is 0.886. The predicted molar refractivity (Wildman–Crippen MR) is 81.7 cm³/mol. The van der Waals surface area contributed by atoms with Crippen LogP contribution >= 0.6 is 11.6 Å². The highest BCUT2D eigenvalue weighted by atomic mass is 35.5. The number of nitrogens with two attached hydrogens (primary N) is 1. The van der Waals surface area contributed by atoms with Crippen LogP contribution in [-0.2, 0) is 10.0 Å². The number of rotatable bonds is 4. The lowest BCUT2D eigenvalue weighted by Gasteiger charge is -2.16. The van der Waals surface area contributed by atoms with Crippen LogP contribution in [-0.4, -0.2) is 20.9 Å². The summed E-state index contributed by atoms with van der Waals surface area (Å²) in [5.74, 6) is 0.690. The molecule has 3 N–H and O–H groups in total. The summed E-state index contributed by atoms with van der Waals surface area (Å²) in [5.41, 5.74) is 0.133. The van der Waals surface area contributed by atoms with E-state index in [0.29, 0.717) is 18.4 Å². The van der Waals surface area contributed by atoms with E-state index in [1.165, 1.54) is 31.0 Å². The average Bonchev–Trinajstić information content (AvgIpc) is 2.80. The van der Waals surface area contributed by atoms with Gasteiger partial charge in [0, 0.05) is 6.54 Å². The Labute approximate surface area is 129 Å². The number of benzene rings is 1. The average molecular weight is 331 g/mol. The lowest BCUT2D eigenvalue weighted by molar-refractivity contribution is 0.0944. The first-order valence-electron chi connectivity index (χ1n) is 6.89. The van der Waals surface area contributed by atoms with Crippen LogP contribution in [0.15, 0.2) is 23.1 Å². The molecule has 0 radical (unpaired) electrons. The Hall–Kier alpha value is -1.11. The van der Waals surface area contributed by atoms with Crippen LogP contribution in [0, 0.1) is 11.8 Å². The minimum atomic E-state index is -3.85. The Morgan fingerprint density at radius 1 is 1.43 bits per heavy atom. The Morgan fingerprint density at radius 3 is 2.71 bits per heavy atom. The fourth-order valence-electron chi connectivity index (χ4n) is 2.70. The third kappa shape index (κ3) is 3.96. The van der Waals surface area contributed by atoms with E-state index in [1.807, 2.05) is 0 Å². The molecule has 1 fully saturated rings. The van der Waals surface area contributed by atoms with Crippen LogP contribution in [0.4, 0.5) is 0 Å². The highest BCUT2D eigenvalue weighted by molar-refractivity contribution is 7.89. The summed E-state index contributed by atoms with van der Waals surface area (Å²) in [6.45, 7) is 2.76. The van der Waals surface area contributed by atoms with Gasteiger partial charge in [0.05, 0.1) is 15.5 Å². The molecule has 7 heteroatoms. The summed E-state index contributed by atoms with van der Waals surface area (Å²) in [7, 11) is -3.85. The van der Waals surface area contributed by atoms with Crippen molar-refractivity contribution in [1.82, 2.24) is 5.32 Å². The summed E-state index contributed by atoms with van der Waals surface area (Å²) in [6, 6.07) is 3.87. The van der Waals surface area contributed by atoms with E-state index in [0.717, 1.165) is 6.42 Å². The van der Waals surface area contributed by atoms with Crippen LogP contribution in [0.1, 0.15) is 36.5 Å². The number of hydrogen-bond acceptors (Lipinski definition) is 3. The van der Waals surface area contributed by atoms with E-state index in [1.54, 1.807) is 0 Å². The third-order valence-electron chi connectivity index (χ3n) is 4.07. The molecular formula is C14H19ClN2O3S. The zero-order chi connectivity index (χ0) is 15.6. The number of carbonyl (C=O) groups is 1. The van der Waals surface area contributed by atoms with Gasteiger partial charge in [-0.05, 0) is 36.5 Å². The van der Waals surface area contributed by atoms with Gasteiger partial charge in [0.15, 0.2) is 0 Å². The molecule has 1 aliphatic rings. The van der Waals surface area contributed by atoms with Crippen molar-refractivity contribution < 1.29 is 13.2 Å². The molecule has 0 spiro atoms. The van der Waals surface area contributed by atoms with Crippen molar-refractivity contribution in [3.63, 3.8) is 0 Å². The molecule has 0 saturated heterocycles. The molecule has 5 nitrogen and oxygen atoms in total. The van der Waals surface area contributed by atoms with Gasteiger partial charge in [-0.1, -0.05) is 31.4 Å². The van der Waals surface area contributed by atoms with Crippen LogP contribution in [0.5, 0.6) is 0 Å².